The summed E-state index contributed by atoms with van der Waals surface area (Å²) in [5, 5.41) is 0. The highest BCUT2D eigenvalue weighted by molar-refractivity contribution is 5.95. The number of aromatic amines is 1. The van der Waals surface area contributed by atoms with Gasteiger partial charge in [0.1, 0.15) is 5.82 Å². The molecule has 1 aromatic heterocycles. The van der Waals surface area contributed by atoms with Crippen LogP contribution in [0.15, 0.2) is 9.59 Å². The zero-order valence-corrected chi connectivity index (χ0v) is 14.9. The van der Waals surface area contributed by atoms with Crippen LogP contribution in [0, 0.1) is 5.92 Å². The second-order valence-corrected chi connectivity index (χ2v) is 6.14. The van der Waals surface area contributed by atoms with Gasteiger partial charge in [-0.15, -0.1) is 0 Å². The van der Waals surface area contributed by atoms with Crippen molar-refractivity contribution in [3.63, 3.8) is 0 Å². The summed E-state index contributed by atoms with van der Waals surface area (Å²) in [6, 6.07) is 0. The van der Waals surface area contributed by atoms with Gasteiger partial charge in [-0.3, -0.25) is 19.1 Å². The summed E-state index contributed by atoms with van der Waals surface area (Å²) >= 11 is 0. The molecule has 0 fully saturated rings. The summed E-state index contributed by atoms with van der Waals surface area (Å²) in [6.07, 6.45) is 1.89. The Morgan fingerprint density at radius 1 is 1.38 bits per heavy atom. The Hall–Kier alpha value is -2.09. The number of carbonyl (C=O) groups is 1. The monoisotopic (exact) mass is 340 g/mol. The van der Waals surface area contributed by atoms with Crippen molar-refractivity contribution in [3.05, 3.63) is 20.8 Å². The number of H-pyrrole nitrogens is 1. The van der Waals surface area contributed by atoms with Gasteiger partial charge in [0.25, 0.3) is 5.56 Å². The summed E-state index contributed by atoms with van der Waals surface area (Å²) in [5.74, 6) is -0.0359. The molecular formula is C16H28N4O4. The van der Waals surface area contributed by atoms with Crippen molar-refractivity contribution in [1.82, 2.24) is 9.55 Å². The van der Waals surface area contributed by atoms with E-state index >= 15 is 0 Å². The number of hydrogen-bond acceptors (Lipinski definition) is 5. The highest BCUT2D eigenvalue weighted by Gasteiger charge is 2.23. The van der Waals surface area contributed by atoms with Crippen molar-refractivity contribution in [1.29, 1.82) is 0 Å². The molecular weight excluding hydrogens is 312 g/mol. The number of nitrogens with one attached hydrogen (secondary N) is 1. The minimum Gasteiger partial charge on any atom is -0.383 e. The summed E-state index contributed by atoms with van der Waals surface area (Å²) in [4.78, 5) is 40.4. The van der Waals surface area contributed by atoms with E-state index < -0.39 is 11.2 Å². The molecule has 0 aliphatic carbocycles. The molecule has 136 valence electrons. The number of amides is 1. The number of ether oxygens (including phenoxy) is 1. The van der Waals surface area contributed by atoms with Crippen molar-refractivity contribution in [2.45, 2.75) is 46.6 Å². The van der Waals surface area contributed by atoms with Gasteiger partial charge < -0.3 is 15.4 Å². The lowest BCUT2D eigenvalue weighted by molar-refractivity contribution is -0.118. The zero-order valence-electron chi connectivity index (χ0n) is 14.9. The molecule has 0 unspecified atom stereocenters. The molecule has 0 spiro atoms. The van der Waals surface area contributed by atoms with Crippen molar-refractivity contribution in [3.8, 4) is 0 Å². The van der Waals surface area contributed by atoms with E-state index in [1.807, 2.05) is 20.8 Å². The number of methoxy groups -OCH3 is 1. The van der Waals surface area contributed by atoms with E-state index in [4.69, 9.17) is 10.5 Å². The first-order chi connectivity index (χ1) is 11.3. The van der Waals surface area contributed by atoms with Gasteiger partial charge in [0, 0.05) is 26.6 Å². The molecule has 0 atom stereocenters. The van der Waals surface area contributed by atoms with Crippen LogP contribution in [0.3, 0.4) is 0 Å². The maximum atomic E-state index is 12.5. The quantitative estimate of drug-likeness (QED) is 0.695. The SMILES string of the molecule is CCCCC(=O)N(CCOC)c1c(N)n(CC(C)C)c(=O)[nH]c1=O. The Morgan fingerprint density at radius 2 is 2.04 bits per heavy atom. The number of nitrogens with two attached hydrogens (primary N) is 1. The highest BCUT2D eigenvalue weighted by atomic mass is 16.5. The van der Waals surface area contributed by atoms with E-state index in [1.165, 1.54) is 16.6 Å². The first kappa shape index (κ1) is 20.0. The van der Waals surface area contributed by atoms with Gasteiger partial charge in [-0.25, -0.2) is 4.79 Å². The van der Waals surface area contributed by atoms with Crippen LogP contribution in [0.4, 0.5) is 11.5 Å². The molecule has 1 rings (SSSR count). The van der Waals surface area contributed by atoms with E-state index in [9.17, 15) is 14.4 Å². The van der Waals surface area contributed by atoms with Gasteiger partial charge in [-0.2, -0.15) is 0 Å². The van der Waals surface area contributed by atoms with E-state index in [2.05, 4.69) is 4.98 Å². The van der Waals surface area contributed by atoms with Gasteiger partial charge in [0.15, 0.2) is 5.69 Å². The van der Waals surface area contributed by atoms with E-state index in [0.29, 0.717) is 19.4 Å². The van der Waals surface area contributed by atoms with Crippen LogP contribution in [0.25, 0.3) is 0 Å². The number of unbranched alkanes of at least 4 members (excludes halogenated alkanes) is 1. The normalized spacial score (nSPS) is 11.0. The van der Waals surface area contributed by atoms with Crippen LogP contribution in [-0.2, 0) is 16.1 Å². The maximum absolute atomic E-state index is 12.5. The molecule has 24 heavy (non-hydrogen) atoms. The zero-order chi connectivity index (χ0) is 18.3. The molecule has 3 N–H and O–H groups in total. The summed E-state index contributed by atoms with van der Waals surface area (Å²) in [6.45, 7) is 6.68. The van der Waals surface area contributed by atoms with Gasteiger partial charge in [-0.1, -0.05) is 27.2 Å². The van der Waals surface area contributed by atoms with Crippen molar-refractivity contribution in [2.75, 3.05) is 30.9 Å². The molecule has 8 heteroatoms. The fourth-order valence-electron chi connectivity index (χ4n) is 2.39. The van der Waals surface area contributed by atoms with Crippen LogP contribution in [0.5, 0.6) is 0 Å². The third-order valence-electron chi connectivity index (χ3n) is 3.60. The summed E-state index contributed by atoms with van der Waals surface area (Å²) in [7, 11) is 1.52. The van der Waals surface area contributed by atoms with Crippen LogP contribution >= 0.6 is 0 Å². The Balaban J connectivity index is 3.37. The van der Waals surface area contributed by atoms with Gasteiger partial charge >= 0.3 is 5.69 Å². The van der Waals surface area contributed by atoms with Crippen LogP contribution in [-0.4, -0.2) is 35.7 Å². The number of anilines is 2. The first-order valence-corrected chi connectivity index (χ1v) is 8.25. The largest absolute Gasteiger partial charge is 0.383 e. The predicted molar refractivity (Wildman–Crippen MR) is 94.3 cm³/mol. The average molecular weight is 340 g/mol. The smallest absolute Gasteiger partial charge is 0.330 e. The predicted octanol–water partition coefficient (Wildman–Crippen LogP) is 0.944. The first-order valence-electron chi connectivity index (χ1n) is 8.25. The number of aromatic nitrogens is 2. The molecule has 0 aliphatic rings. The molecule has 1 amide bonds. The van der Waals surface area contributed by atoms with Gasteiger partial charge in [-0.05, 0) is 12.3 Å². The van der Waals surface area contributed by atoms with Crippen molar-refractivity contribution >= 4 is 17.4 Å². The minimum absolute atomic E-state index is 0.0124. The molecule has 8 nitrogen and oxygen atoms in total. The average Bonchev–Trinajstić information content (AvgIpc) is 2.51. The molecule has 0 saturated heterocycles. The Bertz CT molecular complexity index is 663. The standard InChI is InChI=1S/C16H28N4O4/c1-5-6-7-12(21)19(8-9-24-4)13-14(17)20(10-11(2)3)16(23)18-15(13)22/h11H,5-10,17H2,1-4H3,(H,18,22,23). The Labute approximate surface area is 141 Å². The number of nitrogen functional groups attached to an aromatic ring is 1. The Morgan fingerprint density at radius 3 is 2.58 bits per heavy atom. The van der Waals surface area contributed by atoms with E-state index in [1.54, 1.807) is 0 Å². The third-order valence-corrected chi connectivity index (χ3v) is 3.60. The van der Waals surface area contributed by atoms with Crippen LogP contribution in [0.1, 0.15) is 40.0 Å². The second-order valence-electron chi connectivity index (χ2n) is 6.14. The number of carbonyl (C=O) groups excluding carboxylic acids is 1. The molecule has 0 saturated carbocycles. The Kier molecular flexibility index (Phi) is 7.70. The highest BCUT2D eigenvalue weighted by Crippen LogP contribution is 2.19. The number of nitrogens with zero attached hydrogens (tertiary/aromatic N) is 2. The lowest BCUT2D eigenvalue weighted by atomic mass is 10.2. The van der Waals surface area contributed by atoms with Gasteiger partial charge in [0.05, 0.1) is 6.61 Å². The molecule has 0 aromatic carbocycles. The van der Waals surface area contributed by atoms with Crippen LogP contribution in [0.2, 0.25) is 0 Å². The fourth-order valence-corrected chi connectivity index (χ4v) is 2.39. The lowest BCUT2D eigenvalue weighted by Gasteiger charge is -2.24. The number of rotatable bonds is 9. The summed E-state index contributed by atoms with van der Waals surface area (Å²) in [5.41, 5.74) is 4.88. The minimum atomic E-state index is -0.654. The topological polar surface area (TPSA) is 110 Å². The molecule has 0 bridgehead atoms. The van der Waals surface area contributed by atoms with Crippen LogP contribution < -0.4 is 21.9 Å². The second kappa shape index (κ2) is 9.27. The summed E-state index contributed by atoms with van der Waals surface area (Å²) < 4.78 is 6.33. The number of hydrogen-bond donors (Lipinski definition) is 2. The van der Waals surface area contributed by atoms with E-state index in [-0.39, 0.29) is 36.5 Å². The molecule has 0 radical (unpaired) electrons. The molecule has 1 heterocycles. The van der Waals surface area contributed by atoms with Crippen molar-refractivity contribution < 1.29 is 9.53 Å². The van der Waals surface area contributed by atoms with E-state index in [0.717, 1.165) is 6.42 Å². The van der Waals surface area contributed by atoms with Gasteiger partial charge in [0.2, 0.25) is 5.91 Å². The molecule has 0 aliphatic heterocycles. The third kappa shape index (κ3) is 4.95. The fraction of sp³-hybridized carbons (Fsp3) is 0.688. The lowest BCUT2D eigenvalue weighted by Crippen LogP contribution is -2.42. The van der Waals surface area contributed by atoms with Crippen molar-refractivity contribution in [2.24, 2.45) is 5.92 Å². The molecule has 1 aromatic rings. The maximum Gasteiger partial charge on any atom is 0.330 e.